The minimum atomic E-state index is -4.31. The van der Waals surface area contributed by atoms with E-state index in [-0.39, 0.29) is 5.41 Å². The van der Waals surface area contributed by atoms with E-state index in [1.807, 2.05) is 0 Å². The van der Waals surface area contributed by atoms with Gasteiger partial charge in [0.2, 0.25) is 0 Å². The molecule has 2 nitrogen and oxygen atoms in total. The number of alkyl halides is 3. The molecule has 5 heteroatoms. The summed E-state index contributed by atoms with van der Waals surface area (Å²) in [6.07, 6.45) is -0.654. The molecule has 0 aliphatic heterocycles. The Morgan fingerprint density at radius 2 is 2.00 bits per heavy atom. The summed E-state index contributed by atoms with van der Waals surface area (Å²) in [5.74, 6) is 0. The molecule has 1 saturated carbocycles. The van der Waals surface area contributed by atoms with Crippen LogP contribution in [0.3, 0.4) is 0 Å². The minimum Gasteiger partial charge on any atom is -0.330 e. The lowest BCUT2D eigenvalue weighted by Crippen LogP contribution is -2.15. The zero-order valence-corrected chi connectivity index (χ0v) is 8.72. The fourth-order valence-corrected chi connectivity index (χ4v) is 1.94. The Hall–Kier alpha value is -1.10. The van der Waals surface area contributed by atoms with Crippen molar-refractivity contribution in [3.63, 3.8) is 0 Å². The average molecular weight is 230 g/mol. The van der Waals surface area contributed by atoms with Crippen LogP contribution in [0.1, 0.15) is 30.5 Å². The van der Waals surface area contributed by atoms with Gasteiger partial charge in [-0.15, -0.1) is 0 Å². The second-order valence-corrected chi connectivity index (χ2v) is 4.25. The molecule has 0 unspecified atom stereocenters. The first-order valence-corrected chi connectivity index (χ1v) is 5.22. The van der Waals surface area contributed by atoms with Gasteiger partial charge in [0.1, 0.15) is 0 Å². The fourth-order valence-electron chi connectivity index (χ4n) is 1.94. The van der Waals surface area contributed by atoms with Crippen LogP contribution in [0.15, 0.2) is 18.3 Å². The maximum absolute atomic E-state index is 12.3. The number of aromatic nitrogens is 1. The highest BCUT2D eigenvalue weighted by molar-refractivity contribution is 5.27. The first kappa shape index (κ1) is 11.4. The maximum Gasteiger partial charge on any atom is 0.417 e. The molecule has 0 saturated heterocycles. The van der Waals surface area contributed by atoms with Gasteiger partial charge in [-0.3, -0.25) is 4.98 Å². The Morgan fingerprint density at radius 1 is 1.31 bits per heavy atom. The predicted molar refractivity (Wildman–Crippen MR) is 53.8 cm³/mol. The van der Waals surface area contributed by atoms with Gasteiger partial charge in [0.15, 0.2) is 0 Å². The molecule has 1 aromatic heterocycles. The van der Waals surface area contributed by atoms with Gasteiger partial charge in [-0.05, 0) is 37.9 Å². The summed E-state index contributed by atoms with van der Waals surface area (Å²) in [6.45, 7) is 0.544. The highest BCUT2D eigenvalue weighted by atomic mass is 19.4. The molecule has 1 aromatic rings. The van der Waals surface area contributed by atoms with Crippen molar-refractivity contribution in [2.24, 2.45) is 5.73 Å². The molecule has 1 aliphatic rings. The van der Waals surface area contributed by atoms with E-state index >= 15 is 0 Å². The number of halogens is 3. The van der Waals surface area contributed by atoms with Gasteiger partial charge >= 0.3 is 6.18 Å². The third kappa shape index (κ3) is 2.04. The SMILES string of the molecule is NCCC1(c2ccc(C(F)(F)F)cn2)CC1. The van der Waals surface area contributed by atoms with Crippen molar-refractivity contribution < 1.29 is 13.2 Å². The van der Waals surface area contributed by atoms with Gasteiger partial charge in [0, 0.05) is 17.3 Å². The highest BCUT2D eigenvalue weighted by Crippen LogP contribution is 2.50. The average Bonchev–Trinajstić information content (AvgIpc) is 2.99. The first-order chi connectivity index (χ1) is 7.48. The molecule has 2 rings (SSSR count). The summed E-state index contributed by atoms with van der Waals surface area (Å²) in [4.78, 5) is 3.92. The topological polar surface area (TPSA) is 38.9 Å². The minimum absolute atomic E-state index is 0.0428. The van der Waals surface area contributed by atoms with E-state index < -0.39 is 11.7 Å². The van der Waals surface area contributed by atoms with Crippen molar-refractivity contribution >= 4 is 0 Å². The van der Waals surface area contributed by atoms with E-state index in [0.29, 0.717) is 6.54 Å². The normalized spacial score (nSPS) is 18.5. The van der Waals surface area contributed by atoms with Crippen molar-refractivity contribution in [3.05, 3.63) is 29.6 Å². The molecule has 16 heavy (non-hydrogen) atoms. The number of rotatable bonds is 3. The van der Waals surface area contributed by atoms with Crippen molar-refractivity contribution in [2.45, 2.75) is 30.9 Å². The quantitative estimate of drug-likeness (QED) is 0.866. The highest BCUT2D eigenvalue weighted by Gasteiger charge is 2.44. The number of nitrogens with two attached hydrogens (primary N) is 1. The van der Waals surface area contributed by atoms with Crippen LogP contribution in [0.5, 0.6) is 0 Å². The molecule has 2 N–H and O–H groups in total. The standard InChI is InChI=1S/C11H13F3N2/c12-11(13,14)8-1-2-9(16-7-8)10(3-4-10)5-6-15/h1-2,7H,3-6,15H2. The Morgan fingerprint density at radius 3 is 2.38 bits per heavy atom. The van der Waals surface area contributed by atoms with E-state index in [0.717, 1.165) is 37.2 Å². The number of pyridine rings is 1. The van der Waals surface area contributed by atoms with Crippen molar-refractivity contribution in [1.82, 2.24) is 4.98 Å². The lowest BCUT2D eigenvalue weighted by atomic mass is 9.97. The van der Waals surface area contributed by atoms with Crippen LogP contribution in [0, 0.1) is 0 Å². The van der Waals surface area contributed by atoms with Crippen molar-refractivity contribution in [2.75, 3.05) is 6.54 Å². The Labute approximate surface area is 91.7 Å². The van der Waals surface area contributed by atoms with Crippen LogP contribution in [0.4, 0.5) is 13.2 Å². The van der Waals surface area contributed by atoms with Crippen molar-refractivity contribution in [3.8, 4) is 0 Å². The monoisotopic (exact) mass is 230 g/mol. The summed E-state index contributed by atoms with van der Waals surface area (Å²) >= 11 is 0. The maximum atomic E-state index is 12.3. The van der Waals surface area contributed by atoms with Gasteiger partial charge in [0.05, 0.1) is 5.56 Å². The fraction of sp³-hybridized carbons (Fsp3) is 0.545. The zero-order chi connectivity index (χ0) is 11.8. The van der Waals surface area contributed by atoms with Crippen LogP contribution in [0.25, 0.3) is 0 Å². The van der Waals surface area contributed by atoms with E-state index in [1.54, 1.807) is 0 Å². The molecule has 88 valence electrons. The number of nitrogens with zero attached hydrogens (tertiary/aromatic N) is 1. The molecular weight excluding hydrogens is 217 g/mol. The summed E-state index contributed by atoms with van der Waals surface area (Å²) in [5, 5.41) is 0. The van der Waals surface area contributed by atoms with Gasteiger partial charge < -0.3 is 5.73 Å². The van der Waals surface area contributed by atoms with Crippen LogP contribution >= 0.6 is 0 Å². The first-order valence-electron chi connectivity index (χ1n) is 5.22. The van der Waals surface area contributed by atoms with Gasteiger partial charge in [0.25, 0.3) is 0 Å². The molecule has 0 radical (unpaired) electrons. The Kier molecular flexibility index (Phi) is 2.66. The molecule has 0 aromatic carbocycles. The Bertz CT molecular complexity index is 366. The molecule has 0 spiro atoms. The van der Waals surface area contributed by atoms with Crippen LogP contribution < -0.4 is 5.73 Å². The van der Waals surface area contributed by atoms with Crippen LogP contribution in [0.2, 0.25) is 0 Å². The van der Waals surface area contributed by atoms with Gasteiger partial charge in [-0.2, -0.15) is 13.2 Å². The van der Waals surface area contributed by atoms with Crippen molar-refractivity contribution in [1.29, 1.82) is 0 Å². The molecule has 0 bridgehead atoms. The summed E-state index contributed by atoms with van der Waals surface area (Å²) < 4.78 is 37.0. The second-order valence-electron chi connectivity index (χ2n) is 4.25. The second kappa shape index (κ2) is 3.73. The smallest absolute Gasteiger partial charge is 0.330 e. The predicted octanol–water partition coefficient (Wildman–Crippen LogP) is 2.48. The molecule has 1 aliphatic carbocycles. The van der Waals surface area contributed by atoms with E-state index in [1.165, 1.54) is 6.07 Å². The van der Waals surface area contributed by atoms with E-state index in [4.69, 9.17) is 5.73 Å². The molecular formula is C11H13F3N2. The van der Waals surface area contributed by atoms with E-state index in [9.17, 15) is 13.2 Å². The van der Waals surface area contributed by atoms with Gasteiger partial charge in [-0.25, -0.2) is 0 Å². The van der Waals surface area contributed by atoms with Crippen LogP contribution in [-0.2, 0) is 11.6 Å². The van der Waals surface area contributed by atoms with Crippen LogP contribution in [-0.4, -0.2) is 11.5 Å². The summed E-state index contributed by atoms with van der Waals surface area (Å²) in [7, 11) is 0. The molecule has 1 fully saturated rings. The zero-order valence-electron chi connectivity index (χ0n) is 8.72. The Balaban J connectivity index is 2.20. The summed E-state index contributed by atoms with van der Waals surface area (Å²) in [6, 6.07) is 2.57. The third-order valence-electron chi connectivity index (χ3n) is 3.11. The molecule has 0 atom stereocenters. The number of hydrogen-bond acceptors (Lipinski definition) is 2. The molecule has 1 heterocycles. The third-order valence-corrected chi connectivity index (χ3v) is 3.11. The van der Waals surface area contributed by atoms with E-state index in [2.05, 4.69) is 4.98 Å². The largest absolute Gasteiger partial charge is 0.417 e. The number of hydrogen-bond donors (Lipinski definition) is 1. The van der Waals surface area contributed by atoms with Gasteiger partial charge in [-0.1, -0.05) is 0 Å². The lowest BCUT2D eigenvalue weighted by Gasteiger charge is -2.14. The lowest BCUT2D eigenvalue weighted by molar-refractivity contribution is -0.137. The summed E-state index contributed by atoms with van der Waals surface area (Å²) in [5.41, 5.74) is 5.49. The molecule has 0 amide bonds.